The average Bonchev–Trinajstić information content (AvgIpc) is 2.47. The van der Waals surface area contributed by atoms with Crippen molar-refractivity contribution in [3.63, 3.8) is 0 Å². The van der Waals surface area contributed by atoms with E-state index >= 15 is 0 Å². The molecule has 1 saturated heterocycles. The second kappa shape index (κ2) is 4.41. The highest BCUT2D eigenvalue weighted by molar-refractivity contribution is 5.12. The summed E-state index contributed by atoms with van der Waals surface area (Å²) in [4.78, 5) is 4.18. The van der Waals surface area contributed by atoms with Crippen molar-refractivity contribution in [1.82, 2.24) is 4.98 Å². The molecule has 14 heavy (non-hydrogen) atoms. The summed E-state index contributed by atoms with van der Waals surface area (Å²) < 4.78 is 1.12. The molecule has 0 aliphatic carbocycles. The van der Waals surface area contributed by atoms with E-state index in [1.54, 1.807) is 0 Å². The van der Waals surface area contributed by atoms with Gasteiger partial charge in [0.1, 0.15) is 6.04 Å². The van der Waals surface area contributed by atoms with Crippen LogP contribution < -0.4 is 17.0 Å². The van der Waals surface area contributed by atoms with E-state index in [2.05, 4.69) is 25.1 Å². The summed E-state index contributed by atoms with van der Waals surface area (Å²) in [6, 6.07) is 4.89. The first-order chi connectivity index (χ1) is 6.20. The van der Waals surface area contributed by atoms with Crippen LogP contribution in [-0.2, 0) is 0 Å². The van der Waals surface area contributed by atoms with Crippen LogP contribution in [0.5, 0.6) is 0 Å². The Labute approximate surface area is 96.3 Å². The van der Waals surface area contributed by atoms with Crippen molar-refractivity contribution in [2.45, 2.75) is 18.9 Å². The van der Waals surface area contributed by atoms with E-state index in [0.717, 1.165) is 4.48 Å². The monoisotopic (exact) mass is 256 g/mol. The maximum Gasteiger partial charge on any atom is 0.116 e. The van der Waals surface area contributed by atoms with Gasteiger partial charge in [0.05, 0.1) is 20.6 Å². The van der Waals surface area contributed by atoms with Crippen LogP contribution in [0.25, 0.3) is 0 Å². The van der Waals surface area contributed by atoms with Gasteiger partial charge in [-0.15, -0.1) is 0 Å². The summed E-state index contributed by atoms with van der Waals surface area (Å²) in [5.74, 6) is 0. The van der Waals surface area contributed by atoms with Crippen molar-refractivity contribution in [2.24, 2.45) is 0 Å². The Balaban J connectivity index is 0.000000980. The lowest BCUT2D eigenvalue weighted by atomic mass is 10.1. The molecule has 0 aromatic carbocycles. The quantitative estimate of drug-likeness (QED) is 0.588. The third-order valence-corrected chi connectivity index (χ3v) is 3.12. The number of hydrogen-bond acceptors (Lipinski definition) is 1. The number of halogens is 1. The normalized spacial score (nSPS) is 24.3. The van der Waals surface area contributed by atoms with Gasteiger partial charge in [0, 0.05) is 30.8 Å². The van der Waals surface area contributed by atoms with Gasteiger partial charge in [-0.2, -0.15) is 0 Å². The van der Waals surface area contributed by atoms with E-state index in [0.29, 0.717) is 6.04 Å². The Kier molecular flexibility index (Phi) is 3.67. The molecule has 0 saturated carbocycles. The van der Waals surface area contributed by atoms with Crippen molar-refractivity contribution in [3.8, 4) is 0 Å². The van der Waals surface area contributed by atoms with Crippen molar-refractivity contribution < 1.29 is 21.5 Å². The summed E-state index contributed by atoms with van der Waals surface area (Å²) in [7, 11) is 4.62. The lowest BCUT2D eigenvalue weighted by Crippen LogP contribution is -3.00. The molecule has 1 aromatic heterocycles. The molecule has 1 atom stereocenters. The first-order valence-corrected chi connectivity index (χ1v) is 4.93. The standard InChI is InChI=1S/C11H17N2.BrH/c1-13(2)8-4-6-11(13)10-5-3-7-12-9-10;/h3,5,7,9,11H,4,6,8H2,1-2H3;1H/q+1;/p-1. The largest absolute Gasteiger partial charge is 1.00 e. The number of rotatable bonds is 1. The molecule has 78 valence electrons. The first-order valence-electron chi connectivity index (χ1n) is 4.93. The highest BCUT2D eigenvalue weighted by atomic mass is 79.9. The Morgan fingerprint density at radius 3 is 2.71 bits per heavy atom. The fraction of sp³-hybridized carbons (Fsp3) is 0.545. The van der Waals surface area contributed by atoms with Crippen LogP contribution in [0.2, 0.25) is 0 Å². The Hall–Kier alpha value is -0.410. The number of nitrogens with zero attached hydrogens (tertiary/aromatic N) is 2. The maximum absolute atomic E-state index is 4.18. The molecule has 1 fully saturated rings. The Bertz CT molecular complexity index is 285. The van der Waals surface area contributed by atoms with Gasteiger partial charge < -0.3 is 21.5 Å². The first kappa shape index (κ1) is 11.7. The van der Waals surface area contributed by atoms with E-state index in [1.165, 1.54) is 24.9 Å². The fourth-order valence-electron chi connectivity index (χ4n) is 2.34. The summed E-state index contributed by atoms with van der Waals surface area (Å²) in [6.07, 6.45) is 6.50. The van der Waals surface area contributed by atoms with E-state index < -0.39 is 0 Å². The van der Waals surface area contributed by atoms with Crippen molar-refractivity contribution in [3.05, 3.63) is 30.1 Å². The average molecular weight is 257 g/mol. The molecule has 1 unspecified atom stereocenters. The van der Waals surface area contributed by atoms with Gasteiger partial charge in [-0.1, -0.05) is 6.07 Å². The molecule has 0 N–H and O–H groups in total. The predicted molar refractivity (Wildman–Crippen MR) is 53.2 cm³/mol. The molecule has 1 aliphatic rings. The molecule has 2 nitrogen and oxygen atoms in total. The van der Waals surface area contributed by atoms with Gasteiger partial charge in [-0.05, 0) is 6.07 Å². The molecule has 2 rings (SSSR count). The van der Waals surface area contributed by atoms with Gasteiger partial charge in [0.25, 0.3) is 0 Å². The highest BCUT2D eigenvalue weighted by Crippen LogP contribution is 2.35. The van der Waals surface area contributed by atoms with Gasteiger partial charge in [-0.3, -0.25) is 4.98 Å². The van der Waals surface area contributed by atoms with Gasteiger partial charge >= 0.3 is 0 Å². The SMILES string of the molecule is C[N+]1(C)CCCC1c1cccnc1.[Br-]. The van der Waals surface area contributed by atoms with Crippen molar-refractivity contribution in [1.29, 1.82) is 0 Å². The van der Waals surface area contributed by atoms with Gasteiger partial charge in [0.2, 0.25) is 0 Å². The number of aromatic nitrogens is 1. The Morgan fingerprint density at radius 2 is 2.21 bits per heavy atom. The number of hydrogen-bond donors (Lipinski definition) is 0. The van der Waals surface area contributed by atoms with Crippen LogP contribution in [0.4, 0.5) is 0 Å². The highest BCUT2D eigenvalue weighted by Gasteiger charge is 2.34. The van der Waals surface area contributed by atoms with Crippen LogP contribution >= 0.6 is 0 Å². The summed E-state index contributed by atoms with van der Waals surface area (Å²) >= 11 is 0. The number of likely N-dealkylation sites (tertiary alicyclic amines) is 1. The second-order valence-corrected chi connectivity index (χ2v) is 4.45. The van der Waals surface area contributed by atoms with Crippen LogP contribution in [-0.4, -0.2) is 30.1 Å². The minimum Gasteiger partial charge on any atom is -1.00 e. The van der Waals surface area contributed by atoms with Gasteiger partial charge in [0.15, 0.2) is 0 Å². The van der Waals surface area contributed by atoms with Crippen molar-refractivity contribution >= 4 is 0 Å². The predicted octanol–water partition coefficient (Wildman–Crippen LogP) is -1.00. The van der Waals surface area contributed by atoms with Crippen LogP contribution in [0, 0.1) is 0 Å². The third-order valence-electron chi connectivity index (χ3n) is 3.12. The molecular formula is C11H17BrN2. The lowest BCUT2D eigenvalue weighted by Gasteiger charge is -2.31. The molecule has 0 bridgehead atoms. The molecule has 0 amide bonds. The minimum absolute atomic E-state index is 0. The zero-order valence-electron chi connectivity index (χ0n) is 8.78. The van der Waals surface area contributed by atoms with Crippen LogP contribution in [0.3, 0.4) is 0 Å². The van der Waals surface area contributed by atoms with Crippen LogP contribution in [0.15, 0.2) is 24.5 Å². The molecule has 3 heteroatoms. The molecule has 2 heterocycles. The number of pyridine rings is 1. The lowest BCUT2D eigenvalue weighted by molar-refractivity contribution is -0.908. The molecular weight excluding hydrogens is 240 g/mol. The second-order valence-electron chi connectivity index (χ2n) is 4.45. The van der Waals surface area contributed by atoms with E-state index in [4.69, 9.17) is 0 Å². The molecule has 0 spiro atoms. The summed E-state index contributed by atoms with van der Waals surface area (Å²) in [6.45, 7) is 1.29. The van der Waals surface area contributed by atoms with Crippen molar-refractivity contribution in [2.75, 3.05) is 20.6 Å². The Morgan fingerprint density at radius 1 is 1.43 bits per heavy atom. The van der Waals surface area contributed by atoms with Gasteiger partial charge in [-0.25, -0.2) is 0 Å². The fourth-order valence-corrected chi connectivity index (χ4v) is 2.34. The molecule has 1 aromatic rings. The number of quaternary nitrogens is 1. The van der Waals surface area contributed by atoms with E-state index in [-0.39, 0.29) is 17.0 Å². The van der Waals surface area contributed by atoms with E-state index in [9.17, 15) is 0 Å². The zero-order chi connectivity index (χ0) is 9.31. The minimum atomic E-state index is 0. The topological polar surface area (TPSA) is 12.9 Å². The smallest absolute Gasteiger partial charge is 0.116 e. The molecule has 0 radical (unpaired) electrons. The summed E-state index contributed by atoms with van der Waals surface area (Å²) in [5, 5.41) is 0. The van der Waals surface area contributed by atoms with Crippen LogP contribution in [0.1, 0.15) is 24.4 Å². The maximum atomic E-state index is 4.18. The molecule has 1 aliphatic heterocycles. The third kappa shape index (κ3) is 2.15. The van der Waals surface area contributed by atoms with E-state index in [1.807, 2.05) is 18.5 Å². The summed E-state index contributed by atoms with van der Waals surface area (Å²) in [5.41, 5.74) is 1.39. The zero-order valence-corrected chi connectivity index (χ0v) is 10.4.